The van der Waals surface area contributed by atoms with Crippen LogP contribution in [-0.2, 0) is 6.18 Å². The Labute approximate surface area is 93.3 Å². The van der Waals surface area contributed by atoms with E-state index in [9.17, 15) is 18.0 Å². The molecule has 4 nitrogen and oxygen atoms in total. The van der Waals surface area contributed by atoms with E-state index >= 15 is 0 Å². The Balaban J connectivity index is 2.79. The van der Waals surface area contributed by atoms with E-state index in [4.69, 9.17) is 5.11 Å². The lowest BCUT2D eigenvalue weighted by molar-refractivity contribution is -0.141. The largest absolute Gasteiger partial charge is 0.478 e. The van der Waals surface area contributed by atoms with Gasteiger partial charge in [-0.2, -0.15) is 18.3 Å². The number of alkyl halides is 3. The number of rotatable bonds is 1. The van der Waals surface area contributed by atoms with E-state index in [1.54, 1.807) is 6.92 Å². The molecule has 0 fully saturated rings. The fraction of sp³-hybridized carbons (Fsp3) is 0.200. The standard InChI is InChI=1S/C10H7F3N2O2/c1-5-2-3-6(9(16)17)7-4-8(10(11,12)13)14-15(5)7/h2-4H,1H3,(H,16,17). The van der Waals surface area contributed by atoms with Gasteiger partial charge in [-0.3, -0.25) is 0 Å². The van der Waals surface area contributed by atoms with Gasteiger partial charge in [0.25, 0.3) is 0 Å². The molecule has 0 atom stereocenters. The molecular formula is C10H7F3N2O2. The molecule has 0 radical (unpaired) electrons. The summed E-state index contributed by atoms with van der Waals surface area (Å²) in [7, 11) is 0. The van der Waals surface area contributed by atoms with Gasteiger partial charge in [-0.15, -0.1) is 0 Å². The molecule has 0 saturated heterocycles. The number of aromatic carboxylic acids is 1. The van der Waals surface area contributed by atoms with E-state index in [0.717, 1.165) is 10.6 Å². The third kappa shape index (κ3) is 1.83. The molecule has 17 heavy (non-hydrogen) atoms. The van der Waals surface area contributed by atoms with E-state index in [1.165, 1.54) is 12.1 Å². The second-order valence-corrected chi connectivity index (χ2v) is 3.52. The molecular weight excluding hydrogens is 237 g/mol. The van der Waals surface area contributed by atoms with Gasteiger partial charge in [0.15, 0.2) is 5.69 Å². The van der Waals surface area contributed by atoms with Gasteiger partial charge in [-0.1, -0.05) is 0 Å². The highest BCUT2D eigenvalue weighted by molar-refractivity contribution is 5.95. The summed E-state index contributed by atoms with van der Waals surface area (Å²) < 4.78 is 38.4. The predicted octanol–water partition coefficient (Wildman–Crippen LogP) is 2.36. The van der Waals surface area contributed by atoms with Crippen molar-refractivity contribution in [2.45, 2.75) is 13.1 Å². The molecule has 0 unspecified atom stereocenters. The Hall–Kier alpha value is -2.05. The summed E-state index contributed by atoms with van der Waals surface area (Å²) >= 11 is 0. The van der Waals surface area contributed by atoms with Crippen LogP contribution in [0.4, 0.5) is 13.2 Å². The Morgan fingerprint density at radius 3 is 2.59 bits per heavy atom. The first kappa shape index (κ1) is 11.4. The highest BCUT2D eigenvalue weighted by Gasteiger charge is 2.34. The van der Waals surface area contributed by atoms with E-state index in [0.29, 0.717) is 5.69 Å². The number of fused-ring (bicyclic) bond motifs is 1. The number of pyridine rings is 1. The fourth-order valence-electron chi connectivity index (χ4n) is 1.52. The first-order valence-electron chi connectivity index (χ1n) is 4.60. The number of carboxylic acid groups (broad SMARTS) is 1. The number of hydrogen-bond donors (Lipinski definition) is 1. The molecule has 0 bridgehead atoms. The number of carboxylic acids is 1. The molecule has 0 spiro atoms. The van der Waals surface area contributed by atoms with Crippen molar-refractivity contribution in [3.8, 4) is 0 Å². The van der Waals surface area contributed by atoms with E-state index in [2.05, 4.69) is 5.10 Å². The maximum absolute atomic E-state index is 12.5. The quantitative estimate of drug-likeness (QED) is 0.837. The van der Waals surface area contributed by atoms with Gasteiger partial charge in [0, 0.05) is 5.69 Å². The van der Waals surface area contributed by atoms with Gasteiger partial charge in [0.2, 0.25) is 0 Å². The van der Waals surface area contributed by atoms with Crippen LogP contribution in [0.5, 0.6) is 0 Å². The van der Waals surface area contributed by atoms with Gasteiger partial charge in [-0.25, -0.2) is 9.31 Å². The van der Waals surface area contributed by atoms with Gasteiger partial charge in [-0.05, 0) is 25.1 Å². The highest BCUT2D eigenvalue weighted by atomic mass is 19.4. The lowest BCUT2D eigenvalue weighted by Gasteiger charge is -2.01. The Bertz CT molecular complexity index is 601. The van der Waals surface area contributed by atoms with Crippen molar-refractivity contribution >= 4 is 11.5 Å². The Morgan fingerprint density at radius 2 is 2.06 bits per heavy atom. The molecule has 0 saturated carbocycles. The lowest BCUT2D eigenvalue weighted by Crippen LogP contribution is -2.06. The van der Waals surface area contributed by atoms with Crippen molar-refractivity contribution in [1.29, 1.82) is 0 Å². The average Bonchev–Trinajstić information content (AvgIpc) is 2.62. The maximum atomic E-state index is 12.5. The minimum absolute atomic E-state index is 0.0650. The molecule has 90 valence electrons. The van der Waals surface area contributed by atoms with Gasteiger partial charge < -0.3 is 5.11 Å². The van der Waals surface area contributed by atoms with Crippen LogP contribution < -0.4 is 0 Å². The molecule has 0 aromatic carbocycles. The second-order valence-electron chi connectivity index (χ2n) is 3.52. The van der Waals surface area contributed by atoms with E-state index < -0.39 is 17.8 Å². The molecule has 0 aliphatic heterocycles. The smallest absolute Gasteiger partial charge is 0.435 e. The zero-order valence-corrected chi connectivity index (χ0v) is 8.62. The van der Waals surface area contributed by atoms with Crippen molar-refractivity contribution in [1.82, 2.24) is 9.61 Å². The summed E-state index contributed by atoms with van der Waals surface area (Å²) in [6, 6.07) is 3.40. The average molecular weight is 244 g/mol. The first-order valence-corrected chi connectivity index (χ1v) is 4.60. The SMILES string of the molecule is Cc1ccc(C(=O)O)c2cc(C(F)(F)F)nn12. The number of halogens is 3. The number of carbonyl (C=O) groups is 1. The van der Waals surface area contributed by atoms with E-state index in [-0.39, 0.29) is 11.1 Å². The van der Waals surface area contributed by atoms with Crippen LogP contribution in [0.3, 0.4) is 0 Å². The number of aryl methyl sites for hydroxylation is 1. The van der Waals surface area contributed by atoms with Crippen LogP contribution in [0.2, 0.25) is 0 Å². The summed E-state index contributed by atoms with van der Waals surface area (Å²) in [5, 5.41) is 12.2. The van der Waals surface area contributed by atoms with Crippen molar-refractivity contribution in [3.05, 3.63) is 35.2 Å². The van der Waals surface area contributed by atoms with Gasteiger partial charge in [0.05, 0.1) is 11.1 Å². The summed E-state index contributed by atoms with van der Waals surface area (Å²) in [4.78, 5) is 10.9. The summed E-state index contributed by atoms with van der Waals surface area (Å²) in [5.74, 6) is -1.29. The van der Waals surface area contributed by atoms with Crippen molar-refractivity contribution < 1.29 is 23.1 Å². The van der Waals surface area contributed by atoms with Crippen molar-refractivity contribution in [2.75, 3.05) is 0 Å². The Kier molecular flexibility index (Phi) is 2.34. The van der Waals surface area contributed by atoms with Crippen molar-refractivity contribution in [2.24, 2.45) is 0 Å². The predicted molar refractivity (Wildman–Crippen MR) is 51.9 cm³/mol. The molecule has 2 heterocycles. The molecule has 0 aliphatic rings. The van der Waals surface area contributed by atoms with Crippen LogP contribution in [0.1, 0.15) is 21.7 Å². The normalized spacial score (nSPS) is 12.0. The molecule has 0 amide bonds. The van der Waals surface area contributed by atoms with Gasteiger partial charge >= 0.3 is 12.1 Å². The molecule has 2 rings (SSSR count). The Morgan fingerprint density at radius 1 is 1.41 bits per heavy atom. The zero-order chi connectivity index (χ0) is 12.8. The topological polar surface area (TPSA) is 54.6 Å². The molecule has 2 aromatic heterocycles. The first-order chi connectivity index (χ1) is 7.80. The maximum Gasteiger partial charge on any atom is 0.435 e. The minimum Gasteiger partial charge on any atom is -0.478 e. The molecule has 2 aromatic rings. The molecule has 7 heteroatoms. The van der Waals surface area contributed by atoms with Crippen LogP contribution in [0.15, 0.2) is 18.2 Å². The molecule has 0 aliphatic carbocycles. The molecule has 1 N–H and O–H groups in total. The van der Waals surface area contributed by atoms with Gasteiger partial charge in [0.1, 0.15) is 0 Å². The minimum atomic E-state index is -4.59. The van der Waals surface area contributed by atoms with Crippen LogP contribution in [0.25, 0.3) is 5.52 Å². The monoisotopic (exact) mass is 244 g/mol. The number of aromatic nitrogens is 2. The zero-order valence-electron chi connectivity index (χ0n) is 8.62. The number of hydrogen-bond acceptors (Lipinski definition) is 2. The van der Waals surface area contributed by atoms with Crippen LogP contribution >= 0.6 is 0 Å². The van der Waals surface area contributed by atoms with Crippen LogP contribution in [0, 0.1) is 6.92 Å². The fourth-order valence-corrected chi connectivity index (χ4v) is 1.52. The second kappa shape index (κ2) is 3.47. The van der Waals surface area contributed by atoms with E-state index in [1.807, 2.05) is 0 Å². The summed E-state index contributed by atoms with van der Waals surface area (Å²) in [6.45, 7) is 1.55. The highest BCUT2D eigenvalue weighted by Crippen LogP contribution is 2.29. The summed E-state index contributed by atoms with van der Waals surface area (Å²) in [6.07, 6.45) is -4.59. The third-order valence-corrected chi connectivity index (χ3v) is 2.33. The van der Waals surface area contributed by atoms with Crippen molar-refractivity contribution in [3.63, 3.8) is 0 Å². The third-order valence-electron chi connectivity index (χ3n) is 2.33. The van der Waals surface area contributed by atoms with Crippen LogP contribution in [-0.4, -0.2) is 20.7 Å². The summed E-state index contributed by atoms with van der Waals surface area (Å²) in [5.41, 5.74) is -0.946. The number of nitrogens with zero attached hydrogens (tertiary/aromatic N) is 2. The lowest BCUT2D eigenvalue weighted by atomic mass is 10.2.